The predicted molar refractivity (Wildman–Crippen MR) is 72.4 cm³/mol. The normalized spacial score (nSPS) is 24.3. The van der Waals surface area contributed by atoms with Crippen LogP contribution in [0.1, 0.15) is 34.8 Å². The summed E-state index contributed by atoms with van der Waals surface area (Å²) in [7, 11) is 0. The van der Waals surface area contributed by atoms with E-state index in [2.05, 4.69) is 0 Å². The van der Waals surface area contributed by atoms with Crippen LogP contribution in [0.5, 0.6) is 0 Å². The van der Waals surface area contributed by atoms with Gasteiger partial charge in [-0.2, -0.15) is 0 Å². The Morgan fingerprint density at radius 2 is 2.15 bits per heavy atom. The highest BCUT2D eigenvalue weighted by Gasteiger charge is 2.49. The quantitative estimate of drug-likeness (QED) is 0.627. The molecule has 1 aliphatic carbocycles. The lowest BCUT2D eigenvalue weighted by Gasteiger charge is -2.21. The molecule has 5 nitrogen and oxygen atoms in total. The van der Waals surface area contributed by atoms with E-state index in [4.69, 9.17) is 5.21 Å². The van der Waals surface area contributed by atoms with Crippen molar-refractivity contribution in [1.82, 2.24) is 10.4 Å². The maximum Gasteiger partial charge on any atom is 0.274 e. The van der Waals surface area contributed by atoms with E-state index in [0.717, 1.165) is 37.1 Å². The first-order valence-corrected chi connectivity index (χ1v) is 6.95. The fraction of sp³-hybridized carbons (Fsp3) is 0.467. The van der Waals surface area contributed by atoms with Crippen LogP contribution in [0.3, 0.4) is 0 Å². The van der Waals surface area contributed by atoms with Crippen molar-refractivity contribution >= 4 is 11.8 Å². The zero-order chi connectivity index (χ0) is 14.3. The van der Waals surface area contributed by atoms with Crippen LogP contribution in [0, 0.1) is 5.41 Å². The monoisotopic (exact) mass is 274 g/mol. The standard InChI is InChI=1S/C15H18N2O3/c1-2-17-6-5-15(14(17)19)8-11-4-3-10(13(18)16-20)7-12(11)9-15/h3-4,7,20H,2,5-6,8-9H2,1H3,(H,16,18)/t15-/m0/s1. The molecule has 0 aromatic heterocycles. The highest BCUT2D eigenvalue weighted by molar-refractivity contribution is 5.94. The number of nitrogens with zero attached hydrogens (tertiary/aromatic N) is 1. The largest absolute Gasteiger partial charge is 0.342 e. The number of benzene rings is 1. The van der Waals surface area contributed by atoms with Crippen LogP contribution in [-0.4, -0.2) is 35.0 Å². The van der Waals surface area contributed by atoms with Gasteiger partial charge in [0.2, 0.25) is 5.91 Å². The molecule has 1 atom stereocenters. The van der Waals surface area contributed by atoms with Gasteiger partial charge in [0.15, 0.2) is 0 Å². The van der Waals surface area contributed by atoms with Crippen LogP contribution in [0.25, 0.3) is 0 Å². The molecule has 1 fully saturated rings. The Bertz CT molecular complexity index is 584. The molecule has 0 bridgehead atoms. The van der Waals surface area contributed by atoms with Crippen molar-refractivity contribution in [2.45, 2.75) is 26.2 Å². The van der Waals surface area contributed by atoms with E-state index in [-0.39, 0.29) is 11.3 Å². The van der Waals surface area contributed by atoms with Gasteiger partial charge in [-0.1, -0.05) is 6.07 Å². The summed E-state index contributed by atoms with van der Waals surface area (Å²) >= 11 is 0. The molecule has 1 aromatic carbocycles. The first-order valence-electron chi connectivity index (χ1n) is 6.95. The average Bonchev–Trinajstić information content (AvgIpc) is 2.98. The average molecular weight is 274 g/mol. The molecule has 0 radical (unpaired) electrons. The minimum atomic E-state index is -0.512. The molecular weight excluding hydrogens is 256 g/mol. The summed E-state index contributed by atoms with van der Waals surface area (Å²) in [4.78, 5) is 25.9. The molecule has 1 saturated heterocycles. The Morgan fingerprint density at radius 1 is 1.40 bits per heavy atom. The molecule has 0 unspecified atom stereocenters. The maximum absolute atomic E-state index is 12.5. The smallest absolute Gasteiger partial charge is 0.274 e. The van der Waals surface area contributed by atoms with Gasteiger partial charge in [0.05, 0.1) is 5.41 Å². The first kappa shape index (κ1) is 13.1. The Kier molecular flexibility index (Phi) is 3.01. The lowest BCUT2D eigenvalue weighted by atomic mass is 9.83. The van der Waals surface area contributed by atoms with E-state index in [0.29, 0.717) is 12.0 Å². The van der Waals surface area contributed by atoms with Crippen LogP contribution < -0.4 is 5.48 Å². The molecule has 1 spiro atoms. The number of hydrogen-bond donors (Lipinski definition) is 2. The van der Waals surface area contributed by atoms with Crippen LogP contribution in [0.15, 0.2) is 18.2 Å². The van der Waals surface area contributed by atoms with Crippen molar-refractivity contribution < 1.29 is 14.8 Å². The summed E-state index contributed by atoms with van der Waals surface area (Å²) in [5.41, 5.74) is 3.97. The van der Waals surface area contributed by atoms with Crippen LogP contribution in [0.4, 0.5) is 0 Å². The molecular formula is C15H18N2O3. The second-order valence-corrected chi connectivity index (χ2v) is 5.69. The second-order valence-electron chi connectivity index (χ2n) is 5.69. The number of likely N-dealkylation sites (tertiary alicyclic amines) is 1. The van der Waals surface area contributed by atoms with Gasteiger partial charge in [0.1, 0.15) is 0 Å². The van der Waals surface area contributed by atoms with Gasteiger partial charge >= 0.3 is 0 Å². The second kappa shape index (κ2) is 4.59. The highest BCUT2D eigenvalue weighted by Crippen LogP contribution is 2.44. The summed E-state index contributed by atoms with van der Waals surface area (Å²) in [6.45, 7) is 3.59. The van der Waals surface area contributed by atoms with Crippen molar-refractivity contribution in [3.63, 3.8) is 0 Å². The molecule has 1 heterocycles. The number of carbonyl (C=O) groups is 2. The Balaban J connectivity index is 1.89. The third kappa shape index (κ3) is 1.81. The summed E-state index contributed by atoms with van der Waals surface area (Å²) < 4.78 is 0. The number of rotatable bonds is 2. The molecule has 1 aromatic rings. The Morgan fingerprint density at radius 3 is 2.80 bits per heavy atom. The van der Waals surface area contributed by atoms with Crippen molar-refractivity contribution in [3.8, 4) is 0 Å². The minimum Gasteiger partial charge on any atom is -0.342 e. The number of hydroxylamine groups is 1. The van der Waals surface area contributed by atoms with Gasteiger partial charge in [0.25, 0.3) is 5.91 Å². The molecule has 2 amide bonds. The fourth-order valence-electron chi connectivity index (χ4n) is 3.48. The summed E-state index contributed by atoms with van der Waals surface area (Å²) in [5, 5.41) is 8.69. The van der Waals surface area contributed by atoms with Gasteiger partial charge < -0.3 is 4.90 Å². The minimum absolute atomic E-state index is 0.240. The zero-order valence-corrected chi connectivity index (χ0v) is 11.5. The fourth-order valence-corrected chi connectivity index (χ4v) is 3.48. The molecule has 3 rings (SSSR count). The molecule has 5 heteroatoms. The SMILES string of the molecule is CCN1CC[C@@]2(Cc3ccc(C(=O)NO)cc3C2)C1=O. The Hall–Kier alpha value is -1.88. The third-order valence-electron chi connectivity index (χ3n) is 4.61. The lowest BCUT2D eigenvalue weighted by molar-refractivity contribution is -0.135. The van der Waals surface area contributed by atoms with Gasteiger partial charge in [0, 0.05) is 18.7 Å². The lowest BCUT2D eigenvalue weighted by Crippen LogP contribution is -2.35. The van der Waals surface area contributed by atoms with Crippen LogP contribution >= 0.6 is 0 Å². The molecule has 106 valence electrons. The van der Waals surface area contributed by atoms with E-state index in [1.807, 2.05) is 17.9 Å². The van der Waals surface area contributed by atoms with Crippen LogP contribution in [0.2, 0.25) is 0 Å². The number of hydrogen-bond acceptors (Lipinski definition) is 3. The predicted octanol–water partition coefficient (Wildman–Crippen LogP) is 1.14. The number of amides is 2. The number of carbonyl (C=O) groups excluding carboxylic acids is 2. The summed E-state index contributed by atoms with van der Waals surface area (Å²) in [6.07, 6.45) is 2.35. The van der Waals surface area contributed by atoms with E-state index >= 15 is 0 Å². The third-order valence-corrected chi connectivity index (χ3v) is 4.61. The van der Waals surface area contributed by atoms with Crippen LogP contribution in [-0.2, 0) is 17.6 Å². The van der Waals surface area contributed by atoms with Gasteiger partial charge in [-0.05, 0) is 49.4 Å². The maximum atomic E-state index is 12.5. The zero-order valence-electron chi connectivity index (χ0n) is 11.5. The van der Waals surface area contributed by atoms with Crippen molar-refractivity contribution in [2.75, 3.05) is 13.1 Å². The van der Waals surface area contributed by atoms with Crippen molar-refractivity contribution in [3.05, 3.63) is 34.9 Å². The number of fused-ring (bicyclic) bond motifs is 1. The summed E-state index contributed by atoms with van der Waals surface area (Å²) in [5.74, 6) is -0.272. The van der Waals surface area contributed by atoms with Gasteiger partial charge in [-0.15, -0.1) is 0 Å². The molecule has 0 saturated carbocycles. The van der Waals surface area contributed by atoms with Gasteiger partial charge in [-0.3, -0.25) is 14.8 Å². The topological polar surface area (TPSA) is 69.6 Å². The molecule has 2 N–H and O–H groups in total. The molecule has 20 heavy (non-hydrogen) atoms. The first-order chi connectivity index (χ1) is 9.59. The van der Waals surface area contributed by atoms with E-state index in [9.17, 15) is 9.59 Å². The van der Waals surface area contributed by atoms with E-state index < -0.39 is 5.91 Å². The highest BCUT2D eigenvalue weighted by atomic mass is 16.5. The van der Waals surface area contributed by atoms with E-state index in [1.165, 1.54) is 0 Å². The van der Waals surface area contributed by atoms with Crippen molar-refractivity contribution in [2.24, 2.45) is 5.41 Å². The number of nitrogens with one attached hydrogen (secondary N) is 1. The molecule has 2 aliphatic rings. The molecule has 1 aliphatic heterocycles. The summed E-state index contributed by atoms with van der Waals surface area (Å²) in [6, 6.07) is 5.38. The van der Waals surface area contributed by atoms with E-state index in [1.54, 1.807) is 17.6 Å². The Labute approximate surface area is 117 Å². The van der Waals surface area contributed by atoms with Crippen molar-refractivity contribution in [1.29, 1.82) is 0 Å². The van der Waals surface area contributed by atoms with Gasteiger partial charge in [-0.25, -0.2) is 5.48 Å².